The molecule has 0 aliphatic heterocycles. The van der Waals surface area contributed by atoms with Crippen molar-refractivity contribution in [3.05, 3.63) is 0 Å². The highest BCUT2D eigenvalue weighted by Crippen LogP contribution is 2.29. The predicted molar refractivity (Wildman–Crippen MR) is 42.1 cm³/mol. The number of rotatable bonds is 2. The Labute approximate surface area is 75.0 Å². The van der Waals surface area contributed by atoms with Crippen LogP contribution in [0, 0.1) is 11.8 Å². The molecule has 13 heavy (non-hydrogen) atoms. The highest BCUT2D eigenvalue weighted by atomic mass is 16.4. The molecule has 0 unspecified atom stereocenters. The first-order chi connectivity index (χ1) is 6.00. The van der Waals surface area contributed by atoms with Crippen LogP contribution < -0.4 is 0 Å². The summed E-state index contributed by atoms with van der Waals surface area (Å²) in [4.78, 5) is 21.1. The molecule has 74 valence electrons. The Balaban J connectivity index is 2.62. The maximum Gasteiger partial charge on any atom is 0.306 e. The van der Waals surface area contributed by atoms with Crippen molar-refractivity contribution >= 4 is 11.9 Å². The van der Waals surface area contributed by atoms with Crippen molar-refractivity contribution in [1.29, 1.82) is 0 Å². The van der Waals surface area contributed by atoms with E-state index in [0.717, 1.165) is 0 Å². The molecule has 0 heterocycles. The number of aliphatic hydroxyl groups is 1. The summed E-state index contributed by atoms with van der Waals surface area (Å²) < 4.78 is 0. The van der Waals surface area contributed by atoms with Gasteiger partial charge in [-0.25, -0.2) is 0 Å². The molecule has 2 atom stereocenters. The quantitative estimate of drug-likeness (QED) is 0.564. The molecule has 1 aliphatic carbocycles. The lowest BCUT2D eigenvalue weighted by molar-refractivity contribution is -0.150. The maximum atomic E-state index is 10.6. The summed E-state index contributed by atoms with van der Waals surface area (Å²) >= 11 is 0. The van der Waals surface area contributed by atoms with Gasteiger partial charge in [0.1, 0.15) is 0 Å². The van der Waals surface area contributed by atoms with Crippen molar-refractivity contribution in [3.63, 3.8) is 0 Å². The molecular formula is C8H12O5. The van der Waals surface area contributed by atoms with Crippen LogP contribution in [0.2, 0.25) is 0 Å². The number of aliphatic hydroxyl groups excluding tert-OH is 1. The molecule has 0 saturated heterocycles. The number of carboxylic acid groups (broad SMARTS) is 2. The first-order valence-corrected chi connectivity index (χ1v) is 4.14. The standard InChI is InChI=1S/C8H12O5/c9-6-2-4(7(10)11)1-5(3-6)8(12)13/h4-6,9H,1-3H2,(H,10,11)(H,12,13)/t4-,5-/m1/s1. The molecule has 5 nitrogen and oxygen atoms in total. The lowest BCUT2D eigenvalue weighted by Crippen LogP contribution is -2.34. The van der Waals surface area contributed by atoms with Gasteiger partial charge in [-0.2, -0.15) is 0 Å². The average molecular weight is 188 g/mol. The second-order valence-electron chi connectivity index (χ2n) is 3.43. The van der Waals surface area contributed by atoms with Crippen LogP contribution in [0.4, 0.5) is 0 Å². The van der Waals surface area contributed by atoms with E-state index in [9.17, 15) is 14.7 Å². The van der Waals surface area contributed by atoms with Crippen molar-refractivity contribution in [2.75, 3.05) is 0 Å². The summed E-state index contributed by atoms with van der Waals surface area (Å²) in [5, 5.41) is 26.5. The third-order valence-corrected chi connectivity index (χ3v) is 2.38. The molecule has 5 heteroatoms. The molecule has 1 aliphatic rings. The van der Waals surface area contributed by atoms with Crippen LogP contribution >= 0.6 is 0 Å². The number of carboxylic acids is 2. The zero-order valence-electron chi connectivity index (χ0n) is 7.01. The fourth-order valence-corrected chi connectivity index (χ4v) is 1.69. The Hall–Kier alpha value is -1.10. The summed E-state index contributed by atoms with van der Waals surface area (Å²) in [6.45, 7) is 0. The second-order valence-corrected chi connectivity index (χ2v) is 3.43. The largest absolute Gasteiger partial charge is 0.481 e. The third kappa shape index (κ3) is 2.42. The summed E-state index contributed by atoms with van der Waals surface area (Å²) in [6, 6.07) is 0. The van der Waals surface area contributed by atoms with Gasteiger partial charge in [-0.05, 0) is 19.3 Å². The number of hydrogen-bond acceptors (Lipinski definition) is 3. The molecule has 0 radical (unpaired) electrons. The van der Waals surface area contributed by atoms with Gasteiger partial charge in [0.05, 0.1) is 17.9 Å². The smallest absolute Gasteiger partial charge is 0.306 e. The van der Waals surface area contributed by atoms with Crippen LogP contribution in [-0.4, -0.2) is 33.4 Å². The van der Waals surface area contributed by atoms with E-state index in [1.54, 1.807) is 0 Å². The second kappa shape index (κ2) is 3.74. The zero-order chi connectivity index (χ0) is 10.0. The molecule has 0 amide bonds. The highest BCUT2D eigenvalue weighted by Gasteiger charge is 2.35. The summed E-state index contributed by atoms with van der Waals surface area (Å²) in [5.41, 5.74) is 0. The van der Waals surface area contributed by atoms with Gasteiger partial charge in [-0.15, -0.1) is 0 Å². The van der Waals surface area contributed by atoms with Crippen LogP contribution in [0.25, 0.3) is 0 Å². The molecule has 3 N–H and O–H groups in total. The summed E-state index contributed by atoms with van der Waals surface area (Å²) in [7, 11) is 0. The Bertz CT molecular complexity index is 203. The molecule has 0 aromatic heterocycles. The normalized spacial score (nSPS) is 34.1. The third-order valence-electron chi connectivity index (χ3n) is 2.38. The predicted octanol–water partition coefficient (Wildman–Crippen LogP) is -0.0672. The van der Waals surface area contributed by atoms with Gasteiger partial charge in [-0.3, -0.25) is 9.59 Å². The van der Waals surface area contributed by atoms with E-state index in [0.29, 0.717) is 0 Å². The van der Waals surface area contributed by atoms with Crippen LogP contribution in [0.15, 0.2) is 0 Å². The molecule has 0 spiro atoms. The molecule has 1 rings (SSSR count). The SMILES string of the molecule is O=C(O)[C@H]1CC(O)C[C@H](C(=O)O)C1. The molecule has 0 aromatic rings. The Morgan fingerprint density at radius 2 is 1.31 bits per heavy atom. The molecule has 0 aromatic carbocycles. The van der Waals surface area contributed by atoms with Gasteiger partial charge < -0.3 is 15.3 Å². The van der Waals surface area contributed by atoms with Gasteiger partial charge in [0.2, 0.25) is 0 Å². The zero-order valence-corrected chi connectivity index (χ0v) is 7.01. The number of carbonyl (C=O) groups is 2. The highest BCUT2D eigenvalue weighted by molar-refractivity contribution is 5.74. The van der Waals surface area contributed by atoms with E-state index in [1.807, 2.05) is 0 Å². The molecular weight excluding hydrogens is 176 g/mol. The summed E-state index contributed by atoms with van der Waals surface area (Å²) in [6.07, 6.45) is -0.337. The van der Waals surface area contributed by atoms with E-state index in [-0.39, 0.29) is 19.3 Å². The fraction of sp³-hybridized carbons (Fsp3) is 0.750. The Morgan fingerprint density at radius 1 is 0.923 bits per heavy atom. The lowest BCUT2D eigenvalue weighted by Gasteiger charge is -2.27. The maximum absolute atomic E-state index is 10.6. The first-order valence-electron chi connectivity index (χ1n) is 4.14. The monoisotopic (exact) mass is 188 g/mol. The van der Waals surface area contributed by atoms with Crippen molar-refractivity contribution in [1.82, 2.24) is 0 Å². The first kappa shape index (κ1) is 9.98. The van der Waals surface area contributed by atoms with Crippen LogP contribution in [-0.2, 0) is 9.59 Å². The topological polar surface area (TPSA) is 94.8 Å². The Morgan fingerprint density at radius 3 is 1.62 bits per heavy atom. The Kier molecular flexibility index (Phi) is 2.87. The number of hydrogen-bond donors (Lipinski definition) is 3. The van der Waals surface area contributed by atoms with E-state index in [4.69, 9.17) is 10.2 Å². The van der Waals surface area contributed by atoms with Crippen LogP contribution in [0.3, 0.4) is 0 Å². The van der Waals surface area contributed by atoms with Gasteiger partial charge in [0, 0.05) is 0 Å². The molecule has 1 fully saturated rings. The molecule has 1 saturated carbocycles. The van der Waals surface area contributed by atoms with Crippen molar-refractivity contribution < 1.29 is 24.9 Å². The minimum atomic E-state index is -1.02. The van der Waals surface area contributed by atoms with Gasteiger partial charge in [-0.1, -0.05) is 0 Å². The minimum absolute atomic E-state index is 0.127. The van der Waals surface area contributed by atoms with Crippen molar-refractivity contribution in [2.45, 2.75) is 25.4 Å². The minimum Gasteiger partial charge on any atom is -0.481 e. The van der Waals surface area contributed by atoms with Crippen molar-refractivity contribution in [2.24, 2.45) is 11.8 Å². The molecule has 0 bridgehead atoms. The average Bonchev–Trinajstić information content (AvgIpc) is 2.03. The van der Waals surface area contributed by atoms with E-state index in [2.05, 4.69) is 0 Å². The summed E-state index contributed by atoms with van der Waals surface area (Å²) in [5.74, 6) is -3.48. The van der Waals surface area contributed by atoms with Crippen LogP contribution in [0.1, 0.15) is 19.3 Å². The van der Waals surface area contributed by atoms with Crippen LogP contribution in [0.5, 0.6) is 0 Å². The van der Waals surface area contributed by atoms with E-state index < -0.39 is 29.9 Å². The van der Waals surface area contributed by atoms with E-state index >= 15 is 0 Å². The van der Waals surface area contributed by atoms with Gasteiger partial charge >= 0.3 is 11.9 Å². The number of aliphatic carboxylic acids is 2. The van der Waals surface area contributed by atoms with E-state index in [1.165, 1.54) is 0 Å². The fourth-order valence-electron chi connectivity index (χ4n) is 1.69. The van der Waals surface area contributed by atoms with Gasteiger partial charge in [0.15, 0.2) is 0 Å². The van der Waals surface area contributed by atoms with Crippen molar-refractivity contribution in [3.8, 4) is 0 Å². The lowest BCUT2D eigenvalue weighted by atomic mass is 9.80. The van der Waals surface area contributed by atoms with Gasteiger partial charge in [0.25, 0.3) is 0 Å².